The molecule has 4 unspecified atom stereocenters. The molecule has 0 radical (unpaired) electrons. The fourth-order valence-electron chi connectivity index (χ4n) is 7.46. The van der Waals surface area contributed by atoms with Crippen LogP contribution in [0.3, 0.4) is 0 Å². The van der Waals surface area contributed by atoms with Crippen LogP contribution in [0.15, 0.2) is 48.5 Å². The number of ether oxygens (including phenoxy) is 2. The molecule has 16 heteroatoms. The number of nitrogens with one attached hydrogen (secondary N) is 4. The molecule has 2 saturated heterocycles. The molecule has 2 fully saturated rings. The largest absolute Gasteiger partial charge is 0.453 e. The van der Waals surface area contributed by atoms with Gasteiger partial charge in [0.05, 0.1) is 26.3 Å². The number of nitrogens with zero attached hydrogens (tertiary/aromatic N) is 4. The lowest BCUT2D eigenvalue weighted by Crippen LogP contribution is -2.51. The van der Waals surface area contributed by atoms with Crippen LogP contribution in [0.1, 0.15) is 77.1 Å². The molecule has 14 nitrogen and oxygen atoms in total. The third-order valence-corrected chi connectivity index (χ3v) is 11.0. The monoisotopic (exact) mass is 806 g/mol. The van der Waals surface area contributed by atoms with E-state index in [-0.39, 0.29) is 35.7 Å². The summed E-state index contributed by atoms with van der Waals surface area (Å²) in [6.45, 7) is 8.59. The van der Waals surface area contributed by atoms with E-state index in [0.29, 0.717) is 59.3 Å². The molecule has 0 bridgehead atoms. The second kappa shape index (κ2) is 17.4. The number of aromatic amines is 2. The number of hydrogen-bond donors (Lipinski definition) is 4. The minimum Gasteiger partial charge on any atom is -0.453 e. The normalized spacial score (nSPS) is 18.0. The van der Waals surface area contributed by atoms with Crippen molar-refractivity contribution in [1.29, 1.82) is 0 Å². The molecule has 2 aromatic carbocycles. The van der Waals surface area contributed by atoms with Crippen LogP contribution in [0, 0.1) is 11.8 Å². The fourth-order valence-corrected chi connectivity index (χ4v) is 7.96. The summed E-state index contributed by atoms with van der Waals surface area (Å²) >= 11 is 13.4. The lowest BCUT2D eigenvalue weighted by Gasteiger charge is -2.29. The molecule has 0 aliphatic carbocycles. The summed E-state index contributed by atoms with van der Waals surface area (Å²) in [6.07, 6.45) is 1.72. The van der Waals surface area contributed by atoms with Gasteiger partial charge in [0.1, 0.15) is 45.4 Å². The molecule has 4 amide bonds. The SMILES string of the molecule is COC(=O)NC(C(=O)N1CCCC1c1nc(-c2ccc(-c3ccc(-c4nc(C5CCCN5C(=O)C(NC(=O)OC)C(C)C)[nH]c4Cl)cc3)cc2)c(Cl)[nH]1)C(C)C. The number of imidazole rings is 2. The van der Waals surface area contributed by atoms with E-state index in [1.54, 1.807) is 9.80 Å². The first-order valence-corrected chi connectivity index (χ1v) is 19.6. The lowest BCUT2D eigenvalue weighted by molar-refractivity contribution is -0.136. The topological polar surface area (TPSA) is 175 Å². The summed E-state index contributed by atoms with van der Waals surface area (Å²) in [5.74, 6) is 0.534. The van der Waals surface area contributed by atoms with Crippen molar-refractivity contribution < 1.29 is 28.7 Å². The van der Waals surface area contributed by atoms with E-state index in [0.717, 1.165) is 35.1 Å². The minimum absolute atomic E-state index is 0.140. The van der Waals surface area contributed by atoms with Gasteiger partial charge in [-0.15, -0.1) is 0 Å². The van der Waals surface area contributed by atoms with Gasteiger partial charge in [-0.05, 0) is 48.6 Å². The molecule has 2 aromatic heterocycles. The molecule has 2 aliphatic rings. The molecule has 0 saturated carbocycles. The number of methoxy groups -OCH3 is 2. The fraction of sp³-hybridized carbons (Fsp3) is 0.450. The van der Waals surface area contributed by atoms with Crippen LogP contribution in [0.25, 0.3) is 33.6 Å². The van der Waals surface area contributed by atoms with Crippen LogP contribution in [0.4, 0.5) is 9.59 Å². The Morgan fingerprint density at radius 2 is 0.982 bits per heavy atom. The van der Waals surface area contributed by atoms with Crippen LogP contribution in [0.5, 0.6) is 0 Å². The van der Waals surface area contributed by atoms with Gasteiger partial charge >= 0.3 is 12.2 Å². The molecule has 6 rings (SSSR count). The summed E-state index contributed by atoms with van der Waals surface area (Å²) in [6, 6.07) is 13.7. The zero-order chi connectivity index (χ0) is 40.3. The number of rotatable bonds is 11. The van der Waals surface area contributed by atoms with Gasteiger partial charge in [-0.1, -0.05) is 99.4 Å². The Morgan fingerprint density at radius 3 is 1.30 bits per heavy atom. The third-order valence-electron chi connectivity index (χ3n) is 10.5. The predicted octanol–water partition coefficient (Wildman–Crippen LogP) is 7.53. The Hall–Kier alpha value is -5.08. The summed E-state index contributed by atoms with van der Waals surface area (Å²) in [5.41, 5.74) is 4.76. The van der Waals surface area contributed by atoms with Crippen molar-refractivity contribution in [3.8, 4) is 33.6 Å². The van der Waals surface area contributed by atoms with E-state index in [4.69, 9.17) is 42.6 Å². The second-order valence-electron chi connectivity index (χ2n) is 14.8. The zero-order valence-corrected chi connectivity index (χ0v) is 33.8. The number of benzene rings is 2. The van der Waals surface area contributed by atoms with Gasteiger partial charge in [0.2, 0.25) is 11.8 Å². The smallest absolute Gasteiger partial charge is 0.407 e. The zero-order valence-electron chi connectivity index (χ0n) is 32.3. The van der Waals surface area contributed by atoms with Crippen LogP contribution >= 0.6 is 23.2 Å². The molecule has 2 aliphatic heterocycles. The molecule has 0 spiro atoms. The molecule has 56 heavy (non-hydrogen) atoms. The van der Waals surface area contributed by atoms with Crippen molar-refractivity contribution >= 4 is 47.2 Å². The number of amides is 4. The van der Waals surface area contributed by atoms with Crippen molar-refractivity contribution in [3.63, 3.8) is 0 Å². The van der Waals surface area contributed by atoms with Crippen LogP contribution in [-0.2, 0) is 19.1 Å². The maximum Gasteiger partial charge on any atom is 0.407 e. The first-order valence-electron chi connectivity index (χ1n) is 18.8. The number of hydrogen-bond acceptors (Lipinski definition) is 8. The van der Waals surface area contributed by atoms with E-state index in [2.05, 4.69) is 20.6 Å². The first-order chi connectivity index (χ1) is 26.8. The van der Waals surface area contributed by atoms with Gasteiger partial charge in [0.15, 0.2) is 0 Å². The van der Waals surface area contributed by atoms with Crippen molar-refractivity contribution in [3.05, 3.63) is 70.5 Å². The number of halogens is 2. The third kappa shape index (κ3) is 8.51. The summed E-state index contributed by atoms with van der Waals surface area (Å²) < 4.78 is 9.50. The Labute approximate surface area is 336 Å². The highest BCUT2D eigenvalue weighted by atomic mass is 35.5. The van der Waals surface area contributed by atoms with Crippen molar-refractivity contribution in [2.45, 2.75) is 77.5 Å². The second-order valence-corrected chi connectivity index (χ2v) is 15.6. The van der Waals surface area contributed by atoms with Crippen LogP contribution in [-0.4, -0.2) is 93.1 Å². The van der Waals surface area contributed by atoms with Gasteiger partial charge in [-0.3, -0.25) is 9.59 Å². The van der Waals surface area contributed by atoms with Crippen molar-refractivity contribution in [1.82, 2.24) is 40.4 Å². The number of alkyl carbamates (subject to hydrolysis) is 2. The van der Waals surface area contributed by atoms with Gasteiger partial charge in [-0.25, -0.2) is 19.6 Å². The summed E-state index contributed by atoms with van der Waals surface area (Å²) in [5, 5.41) is 6.10. The summed E-state index contributed by atoms with van der Waals surface area (Å²) in [4.78, 5) is 70.7. The molecular formula is C40H48Cl2N8O6. The van der Waals surface area contributed by atoms with E-state index in [1.165, 1.54) is 14.2 Å². The molecule has 298 valence electrons. The maximum absolute atomic E-state index is 13.6. The number of carbonyl (C=O) groups excluding carboxylic acids is 4. The van der Waals surface area contributed by atoms with Crippen LogP contribution < -0.4 is 10.6 Å². The number of aromatic nitrogens is 4. The minimum atomic E-state index is -0.731. The highest BCUT2D eigenvalue weighted by Gasteiger charge is 2.39. The maximum atomic E-state index is 13.6. The molecule has 4 atom stereocenters. The van der Waals surface area contributed by atoms with E-state index in [9.17, 15) is 19.2 Å². The van der Waals surface area contributed by atoms with Crippen LogP contribution in [0.2, 0.25) is 10.3 Å². The van der Waals surface area contributed by atoms with Gasteiger partial charge in [0.25, 0.3) is 0 Å². The predicted molar refractivity (Wildman–Crippen MR) is 213 cm³/mol. The highest BCUT2D eigenvalue weighted by molar-refractivity contribution is 6.32. The Kier molecular flexibility index (Phi) is 12.6. The van der Waals surface area contributed by atoms with E-state index >= 15 is 0 Å². The quantitative estimate of drug-likeness (QED) is 0.120. The lowest BCUT2D eigenvalue weighted by atomic mass is 10.0. The van der Waals surface area contributed by atoms with E-state index in [1.807, 2.05) is 76.2 Å². The number of likely N-dealkylation sites (tertiary alicyclic amines) is 2. The summed E-state index contributed by atoms with van der Waals surface area (Å²) in [7, 11) is 2.55. The Morgan fingerprint density at radius 1 is 0.643 bits per heavy atom. The average Bonchev–Trinajstić information content (AvgIpc) is 4.02. The molecule has 4 N–H and O–H groups in total. The van der Waals surface area contributed by atoms with Gasteiger partial charge in [-0.2, -0.15) is 0 Å². The molecule has 4 aromatic rings. The van der Waals surface area contributed by atoms with Crippen molar-refractivity contribution in [2.24, 2.45) is 11.8 Å². The Bertz CT molecular complexity index is 1900. The average molecular weight is 808 g/mol. The molecule has 4 heterocycles. The van der Waals surface area contributed by atoms with E-state index < -0.39 is 24.3 Å². The van der Waals surface area contributed by atoms with Gasteiger partial charge < -0.3 is 39.9 Å². The standard InChI is InChI=1S/C40H48Cl2N8O6/c1-21(2)29(45-39(53)55-5)37(51)49-19-7-9-27(49)35-43-31(33(41)47-35)25-15-11-23(12-16-25)24-13-17-26(18-14-24)32-34(42)48-36(44-32)28-10-8-20-50(28)38(52)30(22(3)4)46-40(54)56-6/h11-18,21-22,27-30H,7-10,19-20H2,1-6H3,(H,43,47)(H,44,48)(H,45,53)(H,46,54). The first kappa shape index (κ1) is 40.6. The molecular weight excluding hydrogens is 759 g/mol. The Balaban J connectivity index is 1.15. The highest BCUT2D eigenvalue weighted by Crippen LogP contribution is 2.38. The number of H-pyrrole nitrogens is 2. The van der Waals surface area contributed by atoms with Gasteiger partial charge in [0, 0.05) is 24.2 Å². The number of carbonyl (C=O) groups is 4. The van der Waals surface area contributed by atoms with Crippen molar-refractivity contribution in [2.75, 3.05) is 27.3 Å².